The van der Waals surface area contributed by atoms with Crippen molar-refractivity contribution in [1.82, 2.24) is 19.8 Å². The average molecular weight is 329 g/mol. The van der Waals surface area contributed by atoms with Gasteiger partial charge < -0.3 is 10.4 Å². The molecule has 0 aliphatic rings. The average Bonchev–Trinajstić information content (AvgIpc) is 3.12. The molecule has 3 aromatic rings. The van der Waals surface area contributed by atoms with Crippen LogP contribution < -0.4 is 5.84 Å². The minimum absolute atomic E-state index is 0.150. The fourth-order valence-corrected chi connectivity index (χ4v) is 2.72. The number of nitrogens with two attached hydrogens (primary N) is 1. The lowest BCUT2D eigenvalue weighted by molar-refractivity contribution is 0.319. The molecule has 0 atom stereocenters. The minimum atomic E-state index is -0.150. The molecular weight excluding hydrogens is 310 g/mol. The lowest BCUT2D eigenvalue weighted by atomic mass is 9.97. The molecule has 2 N–H and O–H groups in total. The number of nitrogen functional groups attached to an aromatic ring is 1. The van der Waals surface area contributed by atoms with E-state index in [0.29, 0.717) is 22.6 Å². The highest BCUT2D eigenvalue weighted by Gasteiger charge is 2.22. The molecule has 0 radical (unpaired) electrons. The quantitative estimate of drug-likeness (QED) is 0.584. The van der Waals surface area contributed by atoms with Crippen LogP contribution in [0.15, 0.2) is 46.2 Å². The summed E-state index contributed by atoms with van der Waals surface area (Å²) in [7, 11) is 0. The molecule has 2 heterocycles. The summed E-state index contributed by atoms with van der Waals surface area (Å²) >= 11 is 1.48. The number of hydrogen-bond donors (Lipinski definition) is 1. The second-order valence-corrected chi connectivity index (χ2v) is 7.18. The SMILES string of the molecule is CC(C)(C)c1nc(CSc2nc(-c3ccccc3)cn2N)no1. The fraction of sp³-hybridized carbons (Fsp3) is 0.312. The number of imidazole rings is 1. The maximum absolute atomic E-state index is 5.99. The van der Waals surface area contributed by atoms with Crippen LogP contribution in [0.2, 0.25) is 0 Å². The number of rotatable bonds is 4. The summed E-state index contributed by atoms with van der Waals surface area (Å²) in [6.45, 7) is 6.11. The topological polar surface area (TPSA) is 82.8 Å². The molecule has 0 fully saturated rings. The molecule has 0 amide bonds. The number of thioether (sulfide) groups is 1. The van der Waals surface area contributed by atoms with Gasteiger partial charge in [-0.1, -0.05) is 68.0 Å². The Morgan fingerprint density at radius 3 is 2.57 bits per heavy atom. The smallest absolute Gasteiger partial charge is 0.232 e. The third-order valence-corrected chi connectivity index (χ3v) is 4.17. The van der Waals surface area contributed by atoms with E-state index >= 15 is 0 Å². The Labute approximate surface area is 139 Å². The zero-order chi connectivity index (χ0) is 16.4. The summed E-state index contributed by atoms with van der Waals surface area (Å²) < 4.78 is 6.81. The molecule has 7 heteroatoms. The third kappa shape index (κ3) is 3.56. The molecule has 3 rings (SSSR count). The fourth-order valence-electron chi connectivity index (χ4n) is 1.98. The van der Waals surface area contributed by atoms with Crippen molar-refractivity contribution in [3.63, 3.8) is 0 Å². The van der Waals surface area contributed by atoms with Gasteiger partial charge >= 0.3 is 0 Å². The Hall–Kier alpha value is -2.28. The van der Waals surface area contributed by atoms with E-state index in [1.807, 2.05) is 57.3 Å². The number of benzene rings is 1. The van der Waals surface area contributed by atoms with Crippen LogP contribution in [0.25, 0.3) is 11.3 Å². The predicted octanol–water partition coefficient (Wildman–Crippen LogP) is 3.24. The lowest BCUT2D eigenvalue weighted by Gasteiger charge is -2.10. The van der Waals surface area contributed by atoms with Gasteiger partial charge in [-0.25, -0.2) is 9.66 Å². The van der Waals surface area contributed by atoms with Gasteiger partial charge in [0.15, 0.2) is 11.0 Å². The van der Waals surface area contributed by atoms with E-state index in [1.54, 1.807) is 0 Å². The van der Waals surface area contributed by atoms with Crippen molar-refractivity contribution >= 4 is 11.8 Å². The van der Waals surface area contributed by atoms with Gasteiger partial charge in [0.1, 0.15) is 0 Å². The maximum atomic E-state index is 5.99. The van der Waals surface area contributed by atoms with Gasteiger partial charge in [0.25, 0.3) is 0 Å². The van der Waals surface area contributed by atoms with Gasteiger partial charge in [0.2, 0.25) is 5.89 Å². The van der Waals surface area contributed by atoms with Crippen molar-refractivity contribution in [1.29, 1.82) is 0 Å². The van der Waals surface area contributed by atoms with Crippen LogP contribution in [0, 0.1) is 0 Å². The van der Waals surface area contributed by atoms with E-state index in [4.69, 9.17) is 10.4 Å². The highest BCUT2D eigenvalue weighted by Crippen LogP contribution is 2.26. The summed E-state index contributed by atoms with van der Waals surface area (Å²) in [6, 6.07) is 9.94. The van der Waals surface area contributed by atoms with Gasteiger partial charge in [-0.15, -0.1) is 0 Å². The van der Waals surface area contributed by atoms with Crippen LogP contribution >= 0.6 is 11.8 Å². The molecule has 0 spiro atoms. The summed E-state index contributed by atoms with van der Waals surface area (Å²) in [6.07, 6.45) is 1.81. The van der Waals surface area contributed by atoms with Gasteiger partial charge in [0, 0.05) is 11.0 Å². The molecule has 0 unspecified atom stereocenters. The Bertz CT molecular complexity index is 788. The highest BCUT2D eigenvalue weighted by molar-refractivity contribution is 7.98. The summed E-state index contributed by atoms with van der Waals surface area (Å²) in [5, 5.41) is 4.72. The van der Waals surface area contributed by atoms with Crippen LogP contribution in [0.1, 0.15) is 32.5 Å². The molecule has 2 aromatic heterocycles. The van der Waals surface area contributed by atoms with Gasteiger partial charge in [-0.05, 0) is 0 Å². The van der Waals surface area contributed by atoms with Crippen LogP contribution in [0.4, 0.5) is 0 Å². The molecular formula is C16H19N5OS. The molecule has 0 aliphatic carbocycles. The Balaban J connectivity index is 1.72. The first-order valence-electron chi connectivity index (χ1n) is 7.29. The summed E-state index contributed by atoms with van der Waals surface area (Å²) in [5.74, 6) is 7.82. The van der Waals surface area contributed by atoms with Gasteiger partial charge in [0.05, 0.1) is 17.6 Å². The zero-order valence-corrected chi connectivity index (χ0v) is 14.2. The highest BCUT2D eigenvalue weighted by atomic mass is 32.2. The first-order valence-corrected chi connectivity index (χ1v) is 8.28. The minimum Gasteiger partial charge on any atom is -0.339 e. The summed E-state index contributed by atoms with van der Waals surface area (Å²) in [5.41, 5.74) is 1.73. The molecule has 0 saturated heterocycles. The van der Waals surface area contributed by atoms with Crippen molar-refractivity contribution in [2.75, 3.05) is 5.84 Å². The zero-order valence-electron chi connectivity index (χ0n) is 13.4. The number of aromatic nitrogens is 4. The molecule has 0 aliphatic heterocycles. The Kier molecular flexibility index (Phi) is 4.12. The molecule has 120 valence electrons. The lowest BCUT2D eigenvalue weighted by Crippen LogP contribution is -2.11. The van der Waals surface area contributed by atoms with Crippen LogP contribution in [-0.2, 0) is 11.2 Å². The van der Waals surface area contributed by atoms with E-state index in [-0.39, 0.29) is 5.41 Å². The van der Waals surface area contributed by atoms with E-state index in [1.165, 1.54) is 16.4 Å². The first kappa shape index (κ1) is 15.6. The Morgan fingerprint density at radius 2 is 1.91 bits per heavy atom. The molecule has 0 bridgehead atoms. The van der Waals surface area contributed by atoms with Crippen molar-refractivity contribution in [3.8, 4) is 11.3 Å². The first-order chi connectivity index (χ1) is 10.9. The molecule has 0 saturated carbocycles. The molecule has 1 aromatic carbocycles. The molecule has 6 nitrogen and oxygen atoms in total. The van der Waals surface area contributed by atoms with Gasteiger partial charge in [-0.2, -0.15) is 4.98 Å². The second-order valence-electron chi connectivity index (χ2n) is 6.24. The van der Waals surface area contributed by atoms with E-state index in [0.717, 1.165) is 11.3 Å². The Morgan fingerprint density at radius 1 is 1.17 bits per heavy atom. The molecule has 23 heavy (non-hydrogen) atoms. The van der Waals surface area contributed by atoms with Crippen LogP contribution in [0.3, 0.4) is 0 Å². The van der Waals surface area contributed by atoms with Crippen molar-refractivity contribution in [2.45, 2.75) is 37.1 Å². The van der Waals surface area contributed by atoms with Crippen LogP contribution in [-0.4, -0.2) is 19.8 Å². The van der Waals surface area contributed by atoms with E-state index in [2.05, 4.69) is 15.1 Å². The monoisotopic (exact) mass is 329 g/mol. The van der Waals surface area contributed by atoms with Gasteiger partial charge in [-0.3, -0.25) is 0 Å². The van der Waals surface area contributed by atoms with Crippen molar-refractivity contribution < 1.29 is 4.52 Å². The normalized spacial score (nSPS) is 11.8. The maximum Gasteiger partial charge on any atom is 0.232 e. The third-order valence-electron chi connectivity index (χ3n) is 3.21. The largest absolute Gasteiger partial charge is 0.339 e. The second kappa shape index (κ2) is 6.08. The number of hydrogen-bond acceptors (Lipinski definition) is 6. The van der Waals surface area contributed by atoms with Crippen molar-refractivity contribution in [2.24, 2.45) is 0 Å². The number of nitrogens with zero attached hydrogens (tertiary/aromatic N) is 4. The van der Waals surface area contributed by atoms with Crippen molar-refractivity contribution in [3.05, 3.63) is 48.2 Å². The standard InChI is InChI=1S/C16H19N5OS/c1-16(2,3)14-19-13(20-22-14)10-23-15-18-12(9-21(15)17)11-7-5-4-6-8-11/h4-9H,10,17H2,1-3H3. The van der Waals surface area contributed by atoms with Crippen LogP contribution in [0.5, 0.6) is 0 Å². The summed E-state index contributed by atoms with van der Waals surface area (Å²) in [4.78, 5) is 8.98. The van der Waals surface area contributed by atoms with E-state index in [9.17, 15) is 0 Å². The van der Waals surface area contributed by atoms with E-state index < -0.39 is 0 Å². The predicted molar refractivity (Wildman–Crippen MR) is 90.4 cm³/mol.